The van der Waals surface area contributed by atoms with Gasteiger partial charge in [-0.25, -0.2) is 0 Å². The van der Waals surface area contributed by atoms with Gasteiger partial charge in [0.1, 0.15) is 6.04 Å². The molecule has 1 aromatic heterocycles. The summed E-state index contributed by atoms with van der Waals surface area (Å²) in [6.45, 7) is 13.2. The van der Waals surface area contributed by atoms with E-state index in [-0.39, 0.29) is 23.7 Å². The Balaban J connectivity index is 1.92. The van der Waals surface area contributed by atoms with Gasteiger partial charge in [-0.1, -0.05) is 38.5 Å². The molecule has 0 aliphatic carbocycles. The zero-order chi connectivity index (χ0) is 20.8. The van der Waals surface area contributed by atoms with Gasteiger partial charge in [0.15, 0.2) is 0 Å². The third-order valence-electron chi connectivity index (χ3n) is 4.76. The predicted molar refractivity (Wildman–Crippen MR) is 111 cm³/mol. The van der Waals surface area contributed by atoms with Crippen LogP contribution in [0.15, 0.2) is 30.3 Å². The number of aromatic nitrogens is 2. The zero-order valence-corrected chi connectivity index (χ0v) is 17.7. The summed E-state index contributed by atoms with van der Waals surface area (Å²) in [5.74, 6) is -0.177. The third kappa shape index (κ3) is 5.94. The standard InChI is InChI=1S/C22H32N4O2/c1-14(2)20(24-21(27)19-9-7-15(3)8-10-19)22(28)23-12-16(4)13-26-18(6)11-17(5)25-26/h7-11,14,16,20H,12-13H2,1-6H3,(H,23,28)(H,24,27). The second kappa shape index (κ2) is 9.53. The van der Waals surface area contributed by atoms with Crippen LogP contribution in [0.4, 0.5) is 0 Å². The highest BCUT2D eigenvalue weighted by Crippen LogP contribution is 2.09. The molecule has 0 bridgehead atoms. The van der Waals surface area contributed by atoms with Crippen molar-refractivity contribution in [2.75, 3.05) is 6.54 Å². The zero-order valence-electron chi connectivity index (χ0n) is 17.7. The molecule has 6 heteroatoms. The van der Waals surface area contributed by atoms with Crippen molar-refractivity contribution in [3.63, 3.8) is 0 Å². The molecule has 0 saturated carbocycles. The van der Waals surface area contributed by atoms with Gasteiger partial charge >= 0.3 is 0 Å². The fourth-order valence-electron chi connectivity index (χ4n) is 3.07. The SMILES string of the molecule is Cc1ccc(C(=O)NC(C(=O)NCC(C)Cn2nc(C)cc2C)C(C)C)cc1. The van der Waals surface area contributed by atoms with Gasteiger partial charge in [-0.15, -0.1) is 0 Å². The minimum absolute atomic E-state index is 0.0132. The first-order valence-electron chi connectivity index (χ1n) is 9.83. The van der Waals surface area contributed by atoms with E-state index in [1.165, 1.54) is 0 Å². The lowest BCUT2D eigenvalue weighted by Gasteiger charge is -2.23. The topological polar surface area (TPSA) is 76.0 Å². The molecule has 0 aliphatic heterocycles. The van der Waals surface area contributed by atoms with E-state index in [0.717, 1.165) is 23.5 Å². The Morgan fingerprint density at radius 2 is 1.71 bits per heavy atom. The van der Waals surface area contributed by atoms with Crippen LogP contribution in [0, 0.1) is 32.6 Å². The second-order valence-electron chi connectivity index (χ2n) is 8.02. The van der Waals surface area contributed by atoms with E-state index in [0.29, 0.717) is 12.1 Å². The highest BCUT2D eigenvalue weighted by atomic mass is 16.2. The van der Waals surface area contributed by atoms with Crippen LogP contribution in [0.1, 0.15) is 48.1 Å². The van der Waals surface area contributed by atoms with Gasteiger partial charge in [0.25, 0.3) is 5.91 Å². The molecule has 2 N–H and O–H groups in total. The Hall–Kier alpha value is -2.63. The van der Waals surface area contributed by atoms with Crippen molar-refractivity contribution in [2.45, 2.75) is 54.1 Å². The van der Waals surface area contributed by atoms with Crippen molar-refractivity contribution in [1.82, 2.24) is 20.4 Å². The second-order valence-corrected chi connectivity index (χ2v) is 8.02. The number of hydrogen-bond donors (Lipinski definition) is 2. The first kappa shape index (κ1) is 21.7. The molecule has 2 aromatic rings. The maximum absolute atomic E-state index is 12.7. The van der Waals surface area contributed by atoms with Crippen molar-refractivity contribution in [1.29, 1.82) is 0 Å². The molecule has 0 saturated heterocycles. The molecule has 28 heavy (non-hydrogen) atoms. The number of amides is 2. The Morgan fingerprint density at radius 3 is 2.25 bits per heavy atom. The van der Waals surface area contributed by atoms with E-state index in [9.17, 15) is 9.59 Å². The lowest BCUT2D eigenvalue weighted by molar-refractivity contribution is -0.124. The highest BCUT2D eigenvalue weighted by molar-refractivity contribution is 5.97. The van der Waals surface area contributed by atoms with Gasteiger partial charge in [-0.05, 0) is 50.8 Å². The van der Waals surface area contributed by atoms with Crippen LogP contribution in [0.5, 0.6) is 0 Å². The van der Waals surface area contributed by atoms with E-state index in [2.05, 4.69) is 22.7 Å². The largest absolute Gasteiger partial charge is 0.354 e. The summed E-state index contributed by atoms with van der Waals surface area (Å²) >= 11 is 0. The van der Waals surface area contributed by atoms with Crippen molar-refractivity contribution >= 4 is 11.8 Å². The predicted octanol–water partition coefficient (Wildman–Crippen LogP) is 3.02. The number of benzene rings is 1. The molecule has 0 aliphatic rings. The number of nitrogens with one attached hydrogen (secondary N) is 2. The van der Waals surface area contributed by atoms with Crippen LogP contribution >= 0.6 is 0 Å². The molecule has 0 fully saturated rings. The van der Waals surface area contributed by atoms with Crippen LogP contribution in [-0.2, 0) is 11.3 Å². The third-order valence-corrected chi connectivity index (χ3v) is 4.76. The summed E-state index contributed by atoms with van der Waals surface area (Å²) in [7, 11) is 0. The Morgan fingerprint density at radius 1 is 1.07 bits per heavy atom. The van der Waals surface area contributed by atoms with Gasteiger partial charge in [-0.3, -0.25) is 14.3 Å². The number of carbonyl (C=O) groups is 2. The van der Waals surface area contributed by atoms with E-state index >= 15 is 0 Å². The van der Waals surface area contributed by atoms with Gasteiger partial charge in [-0.2, -0.15) is 5.10 Å². The highest BCUT2D eigenvalue weighted by Gasteiger charge is 2.25. The van der Waals surface area contributed by atoms with E-state index in [1.54, 1.807) is 12.1 Å². The molecule has 0 radical (unpaired) electrons. The van der Waals surface area contributed by atoms with Gasteiger partial charge in [0.2, 0.25) is 5.91 Å². The Bertz CT molecular complexity index is 808. The molecule has 6 nitrogen and oxygen atoms in total. The smallest absolute Gasteiger partial charge is 0.251 e. The first-order chi connectivity index (χ1) is 13.2. The monoisotopic (exact) mass is 384 g/mol. The lowest BCUT2D eigenvalue weighted by Crippen LogP contribution is -2.50. The van der Waals surface area contributed by atoms with Crippen LogP contribution < -0.4 is 10.6 Å². The summed E-state index contributed by atoms with van der Waals surface area (Å²) in [4.78, 5) is 25.2. The molecule has 152 valence electrons. The Kier molecular flexibility index (Phi) is 7.38. The minimum atomic E-state index is -0.574. The van der Waals surface area contributed by atoms with E-state index in [1.807, 2.05) is 57.5 Å². The average Bonchev–Trinajstić information content (AvgIpc) is 2.94. The van der Waals surface area contributed by atoms with Crippen molar-refractivity contribution in [3.05, 3.63) is 52.8 Å². The van der Waals surface area contributed by atoms with Gasteiger partial charge in [0.05, 0.1) is 5.69 Å². The summed E-state index contributed by atoms with van der Waals surface area (Å²) in [5, 5.41) is 10.3. The Labute approximate surface area is 167 Å². The molecular weight excluding hydrogens is 352 g/mol. The summed E-state index contributed by atoms with van der Waals surface area (Å²) in [6, 6.07) is 8.79. The first-order valence-corrected chi connectivity index (χ1v) is 9.83. The molecule has 1 aromatic carbocycles. The van der Waals surface area contributed by atoms with Crippen molar-refractivity contribution in [3.8, 4) is 0 Å². The van der Waals surface area contributed by atoms with Gasteiger partial charge in [0, 0.05) is 24.3 Å². The lowest BCUT2D eigenvalue weighted by atomic mass is 10.0. The normalized spacial score (nSPS) is 13.2. The maximum atomic E-state index is 12.7. The number of nitrogens with zero attached hydrogens (tertiary/aromatic N) is 2. The number of hydrogen-bond acceptors (Lipinski definition) is 3. The van der Waals surface area contributed by atoms with Crippen LogP contribution in [0.25, 0.3) is 0 Å². The molecular formula is C22H32N4O2. The number of rotatable bonds is 8. The summed E-state index contributed by atoms with van der Waals surface area (Å²) in [6.07, 6.45) is 0. The molecule has 2 rings (SSSR count). The number of carbonyl (C=O) groups excluding carboxylic acids is 2. The van der Waals surface area contributed by atoms with E-state index < -0.39 is 6.04 Å². The maximum Gasteiger partial charge on any atom is 0.251 e. The molecule has 0 spiro atoms. The van der Waals surface area contributed by atoms with Gasteiger partial charge < -0.3 is 10.6 Å². The fourth-order valence-corrected chi connectivity index (χ4v) is 3.07. The summed E-state index contributed by atoms with van der Waals surface area (Å²) in [5.41, 5.74) is 3.75. The van der Waals surface area contributed by atoms with Crippen molar-refractivity contribution in [2.24, 2.45) is 11.8 Å². The molecule has 2 atom stereocenters. The molecule has 2 amide bonds. The van der Waals surface area contributed by atoms with Crippen LogP contribution in [0.3, 0.4) is 0 Å². The van der Waals surface area contributed by atoms with Crippen LogP contribution in [0.2, 0.25) is 0 Å². The average molecular weight is 385 g/mol. The van der Waals surface area contributed by atoms with E-state index in [4.69, 9.17) is 0 Å². The molecule has 2 unspecified atom stereocenters. The molecule has 1 heterocycles. The minimum Gasteiger partial charge on any atom is -0.354 e. The fraction of sp³-hybridized carbons (Fsp3) is 0.500. The van der Waals surface area contributed by atoms with Crippen molar-refractivity contribution < 1.29 is 9.59 Å². The number of aryl methyl sites for hydroxylation is 3. The summed E-state index contributed by atoms with van der Waals surface area (Å²) < 4.78 is 1.96. The quantitative estimate of drug-likeness (QED) is 0.735. The van der Waals surface area contributed by atoms with Crippen LogP contribution in [-0.4, -0.2) is 34.2 Å².